The van der Waals surface area contributed by atoms with E-state index in [4.69, 9.17) is 4.74 Å². The number of aromatic nitrogens is 1. The number of ether oxygens (including phenoxy) is 1. The number of carbonyl (C=O) groups excluding carboxylic acids is 1. The number of hydrogen-bond acceptors (Lipinski definition) is 3. The minimum absolute atomic E-state index is 0.102. The molecule has 1 aliphatic heterocycles. The van der Waals surface area contributed by atoms with Crippen molar-refractivity contribution < 1.29 is 9.53 Å². The first-order valence-electron chi connectivity index (χ1n) is 12.0. The van der Waals surface area contributed by atoms with Crippen LogP contribution in [0, 0.1) is 0 Å². The Morgan fingerprint density at radius 3 is 2.62 bits per heavy atom. The zero-order chi connectivity index (χ0) is 22.3. The highest BCUT2D eigenvalue weighted by Gasteiger charge is 2.21. The van der Waals surface area contributed by atoms with Crippen molar-refractivity contribution in [3.63, 3.8) is 0 Å². The largest absolute Gasteiger partial charge is 0.494 e. The Morgan fingerprint density at radius 2 is 1.88 bits per heavy atom. The summed E-state index contributed by atoms with van der Waals surface area (Å²) in [6, 6.07) is 13.5. The van der Waals surface area contributed by atoms with Gasteiger partial charge in [-0.1, -0.05) is 26.2 Å². The standard InChI is InChI=1S/C27H35N3O2/c1-3-4-5-6-17-32-23-10-7-21(8-11-23)27(31)29-22-9-12-26-24(18-22)25(19-28-26)20-13-15-30(2)16-14-20/h7-12,18-20,28H,3-6,13-17H2,1-2H3,(H,29,31). The lowest BCUT2D eigenvalue weighted by atomic mass is 9.89. The zero-order valence-corrected chi connectivity index (χ0v) is 19.3. The van der Waals surface area contributed by atoms with Crippen LogP contribution in [0.4, 0.5) is 5.69 Å². The van der Waals surface area contributed by atoms with E-state index in [-0.39, 0.29) is 5.91 Å². The third-order valence-corrected chi connectivity index (χ3v) is 6.51. The van der Waals surface area contributed by atoms with Gasteiger partial charge < -0.3 is 19.9 Å². The van der Waals surface area contributed by atoms with Crippen molar-refractivity contribution >= 4 is 22.5 Å². The second-order valence-electron chi connectivity index (χ2n) is 8.97. The Labute approximate surface area is 191 Å². The van der Waals surface area contributed by atoms with Crippen molar-refractivity contribution in [2.45, 2.75) is 51.4 Å². The summed E-state index contributed by atoms with van der Waals surface area (Å²) in [5.74, 6) is 1.28. The van der Waals surface area contributed by atoms with Gasteiger partial charge >= 0.3 is 0 Å². The minimum atomic E-state index is -0.102. The molecule has 2 N–H and O–H groups in total. The van der Waals surface area contributed by atoms with E-state index in [9.17, 15) is 4.79 Å². The molecule has 2 heterocycles. The molecule has 0 saturated carbocycles. The normalized spacial score (nSPS) is 15.2. The van der Waals surface area contributed by atoms with E-state index in [2.05, 4.69) is 47.5 Å². The van der Waals surface area contributed by atoms with E-state index in [1.807, 2.05) is 30.3 Å². The highest BCUT2D eigenvalue weighted by molar-refractivity contribution is 6.05. The van der Waals surface area contributed by atoms with E-state index < -0.39 is 0 Å². The molecule has 2 aromatic carbocycles. The van der Waals surface area contributed by atoms with Crippen LogP contribution in [0.3, 0.4) is 0 Å². The predicted molar refractivity (Wildman–Crippen MR) is 132 cm³/mol. The quantitative estimate of drug-likeness (QED) is 0.396. The molecule has 1 aliphatic rings. The second kappa shape index (κ2) is 10.7. The van der Waals surface area contributed by atoms with Crippen LogP contribution in [0.15, 0.2) is 48.7 Å². The predicted octanol–water partition coefficient (Wildman–Crippen LogP) is 6.19. The number of nitrogens with one attached hydrogen (secondary N) is 2. The number of likely N-dealkylation sites (tertiary alicyclic amines) is 1. The van der Waals surface area contributed by atoms with E-state index >= 15 is 0 Å². The first kappa shape index (κ1) is 22.4. The monoisotopic (exact) mass is 433 g/mol. The van der Waals surface area contributed by atoms with Crippen molar-refractivity contribution in [3.05, 3.63) is 59.8 Å². The van der Waals surface area contributed by atoms with Crippen molar-refractivity contribution in [1.82, 2.24) is 9.88 Å². The number of H-pyrrole nitrogens is 1. The summed E-state index contributed by atoms with van der Waals surface area (Å²) in [5.41, 5.74) is 3.95. The van der Waals surface area contributed by atoms with Gasteiger partial charge in [-0.15, -0.1) is 0 Å². The SMILES string of the molecule is CCCCCCOc1ccc(C(=O)Nc2ccc3[nH]cc(C4CCN(C)CC4)c3c2)cc1. The van der Waals surface area contributed by atoms with Crippen LogP contribution in [0.25, 0.3) is 10.9 Å². The number of rotatable bonds is 9. The molecule has 0 atom stereocenters. The first-order chi connectivity index (χ1) is 15.6. The van der Waals surface area contributed by atoms with Gasteiger partial charge in [0.1, 0.15) is 5.75 Å². The maximum absolute atomic E-state index is 12.8. The number of carbonyl (C=O) groups is 1. The topological polar surface area (TPSA) is 57.4 Å². The highest BCUT2D eigenvalue weighted by Crippen LogP contribution is 2.34. The zero-order valence-electron chi connectivity index (χ0n) is 19.3. The molecule has 1 fully saturated rings. The summed E-state index contributed by atoms with van der Waals surface area (Å²) in [7, 11) is 2.19. The first-order valence-corrected chi connectivity index (χ1v) is 12.0. The van der Waals surface area contributed by atoms with Crippen LogP contribution in [-0.4, -0.2) is 42.5 Å². The Hall–Kier alpha value is -2.79. The van der Waals surface area contributed by atoms with Gasteiger partial charge in [-0.3, -0.25) is 4.79 Å². The van der Waals surface area contributed by atoms with Gasteiger partial charge in [0.25, 0.3) is 5.91 Å². The molecule has 1 aromatic heterocycles. The molecule has 32 heavy (non-hydrogen) atoms. The van der Waals surface area contributed by atoms with Gasteiger partial charge in [0.2, 0.25) is 0 Å². The van der Waals surface area contributed by atoms with Crippen molar-refractivity contribution in [2.24, 2.45) is 0 Å². The second-order valence-corrected chi connectivity index (χ2v) is 8.97. The van der Waals surface area contributed by atoms with Crippen molar-refractivity contribution in [2.75, 3.05) is 32.1 Å². The van der Waals surface area contributed by atoms with Gasteiger partial charge in [0.15, 0.2) is 0 Å². The maximum Gasteiger partial charge on any atom is 0.255 e. The Bertz CT molecular complexity index is 1020. The number of fused-ring (bicyclic) bond motifs is 1. The maximum atomic E-state index is 12.8. The summed E-state index contributed by atoms with van der Waals surface area (Å²) in [6.07, 6.45) is 9.23. The fourth-order valence-corrected chi connectivity index (χ4v) is 4.50. The number of aromatic amines is 1. The van der Waals surface area contributed by atoms with Crippen LogP contribution in [0.1, 0.15) is 67.3 Å². The average molecular weight is 434 g/mol. The van der Waals surface area contributed by atoms with E-state index in [0.29, 0.717) is 11.5 Å². The molecule has 0 spiro atoms. The lowest BCUT2D eigenvalue weighted by Crippen LogP contribution is -2.29. The van der Waals surface area contributed by atoms with Crippen LogP contribution < -0.4 is 10.1 Å². The van der Waals surface area contributed by atoms with Gasteiger partial charge in [0.05, 0.1) is 6.61 Å². The van der Waals surface area contributed by atoms with Gasteiger partial charge in [-0.25, -0.2) is 0 Å². The van der Waals surface area contributed by atoms with Crippen LogP contribution in [-0.2, 0) is 0 Å². The minimum Gasteiger partial charge on any atom is -0.494 e. The molecule has 3 aromatic rings. The number of amides is 1. The smallest absolute Gasteiger partial charge is 0.255 e. The van der Waals surface area contributed by atoms with Crippen LogP contribution in [0.5, 0.6) is 5.75 Å². The fraction of sp³-hybridized carbons (Fsp3) is 0.444. The summed E-state index contributed by atoms with van der Waals surface area (Å²) < 4.78 is 5.78. The molecule has 0 bridgehead atoms. The molecular weight excluding hydrogens is 398 g/mol. The highest BCUT2D eigenvalue weighted by atomic mass is 16.5. The van der Waals surface area contributed by atoms with Crippen molar-refractivity contribution in [3.8, 4) is 5.75 Å². The third-order valence-electron chi connectivity index (χ3n) is 6.51. The third kappa shape index (κ3) is 5.52. The molecule has 1 saturated heterocycles. The average Bonchev–Trinajstić information content (AvgIpc) is 3.23. The number of hydrogen-bond donors (Lipinski definition) is 2. The van der Waals surface area contributed by atoms with E-state index in [1.54, 1.807) is 0 Å². The number of benzene rings is 2. The van der Waals surface area contributed by atoms with Gasteiger partial charge in [0, 0.05) is 28.4 Å². The van der Waals surface area contributed by atoms with Crippen LogP contribution >= 0.6 is 0 Å². The lowest BCUT2D eigenvalue weighted by molar-refractivity contribution is 0.102. The van der Waals surface area contributed by atoms with Gasteiger partial charge in [-0.2, -0.15) is 0 Å². The molecule has 4 rings (SSSR count). The van der Waals surface area contributed by atoms with E-state index in [0.717, 1.165) is 43.1 Å². The van der Waals surface area contributed by atoms with Crippen molar-refractivity contribution in [1.29, 1.82) is 0 Å². The summed E-state index contributed by atoms with van der Waals surface area (Å²) in [4.78, 5) is 18.6. The summed E-state index contributed by atoms with van der Waals surface area (Å²) >= 11 is 0. The molecular formula is C27H35N3O2. The molecule has 170 valence electrons. The summed E-state index contributed by atoms with van der Waals surface area (Å²) in [5, 5.41) is 4.27. The molecule has 5 heteroatoms. The molecule has 0 aliphatic carbocycles. The summed E-state index contributed by atoms with van der Waals surface area (Å²) in [6.45, 7) is 5.19. The number of unbranched alkanes of at least 4 members (excludes halogenated alkanes) is 3. The molecule has 0 radical (unpaired) electrons. The lowest BCUT2D eigenvalue weighted by Gasteiger charge is -2.28. The van der Waals surface area contributed by atoms with E-state index in [1.165, 1.54) is 43.1 Å². The number of piperidine rings is 1. The molecule has 5 nitrogen and oxygen atoms in total. The van der Waals surface area contributed by atoms with Crippen LogP contribution in [0.2, 0.25) is 0 Å². The molecule has 1 amide bonds. The Balaban J connectivity index is 1.38. The van der Waals surface area contributed by atoms with Gasteiger partial charge in [-0.05, 0) is 93.3 Å². The number of anilines is 1. The Morgan fingerprint density at radius 1 is 1.09 bits per heavy atom. The Kier molecular flexibility index (Phi) is 7.48. The fourth-order valence-electron chi connectivity index (χ4n) is 4.50. The molecule has 0 unspecified atom stereocenters. The number of nitrogens with zero attached hydrogens (tertiary/aromatic N) is 1.